The van der Waals surface area contributed by atoms with Crippen LogP contribution in [0.5, 0.6) is 0 Å². The number of halogens is 1. The summed E-state index contributed by atoms with van der Waals surface area (Å²) in [4.78, 5) is 10.6. The molecule has 5 heteroatoms. The van der Waals surface area contributed by atoms with Crippen molar-refractivity contribution < 1.29 is 4.92 Å². The lowest BCUT2D eigenvalue weighted by molar-refractivity contribution is -0.385. The molecule has 0 aromatic heterocycles. The van der Waals surface area contributed by atoms with Gasteiger partial charge in [0.1, 0.15) is 0 Å². The molecule has 2 rings (SSSR count). The van der Waals surface area contributed by atoms with Crippen LogP contribution in [0.4, 0.5) is 11.4 Å². The zero-order chi connectivity index (χ0) is 15.6. The van der Waals surface area contributed by atoms with Crippen LogP contribution in [-0.2, 0) is 6.54 Å². The van der Waals surface area contributed by atoms with Gasteiger partial charge >= 0.3 is 0 Å². The van der Waals surface area contributed by atoms with Crippen LogP contribution in [0.1, 0.15) is 22.3 Å². The zero-order valence-corrected chi connectivity index (χ0v) is 13.8. The van der Waals surface area contributed by atoms with Crippen molar-refractivity contribution in [2.75, 3.05) is 5.32 Å². The third-order valence-electron chi connectivity index (χ3n) is 3.42. The van der Waals surface area contributed by atoms with E-state index in [2.05, 4.69) is 39.4 Å². The van der Waals surface area contributed by atoms with Gasteiger partial charge in [-0.15, -0.1) is 0 Å². The summed E-state index contributed by atoms with van der Waals surface area (Å²) < 4.78 is 1.06. The third-order valence-corrected chi connectivity index (χ3v) is 4.16. The predicted octanol–water partition coefficient (Wildman–Crippen LogP) is 4.89. The van der Waals surface area contributed by atoms with Gasteiger partial charge < -0.3 is 5.32 Å². The standard InChI is InChI=1S/C16H17BrN2O2/c1-10-4-5-13(14(17)6-10)9-18-15-7-12(3)16(19(20)21)8-11(15)2/h4-8,18H,9H2,1-3H3. The SMILES string of the molecule is Cc1ccc(CNc2cc(C)c([N+](=O)[O-])cc2C)c(Br)c1. The summed E-state index contributed by atoms with van der Waals surface area (Å²) in [6.07, 6.45) is 0. The van der Waals surface area contributed by atoms with Gasteiger partial charge in [0, 0.05) is 28.3 Å². The Bertz CT molecular complexity index is 699. The second-order valence-electron chi connectivity index (χ2n) is 5.16. The Morgan fingerprint density at radius 3 is 2.48 bits per heavy atom. The molecule has 0 unspecified atom stereocenters. The number of hydrogen-bond donors (Lipinski definition) is 1. The highest BCUT2D eigenvalue weighted by Crippen LogP contribution is 2.27. The van der Waals surface area contributed by atoms with Crippen LogP contribution in [0.2, 0.25) is 0 Å². The van der Waals surface area contributed by atoms with Crippen LogP contribution in [0, 0.1) is 30.9 Å². The highest BCUT2D eigenvalue weighted by atomic mass is 79.9. The molecule has 2 aromatic rings. The first-order valence-electron chi connectivity index (χ1n) is 6.63. The molecule has 1 N–H and O–H groups in total. The third kappa shape index (κ3) is 3.61. The van der Waals surface area contributed by atoms with Crippen molar-refractivity contribution in [1.29, 1.82) is 0 Å². The topological polar surface area (TPSA) is 55.2 Å². The smallest absolute Gasteiger partial charge is 0.272 e. The van der Waals surface area contributed by atoms with E-state index in [4.69, 9.17) is 0 Å². The van der Waals surface area contributed by atoms with Crippen LogP contribution in [0.25, 0.3) is 0 Å². The summed E-state index contributed by atoms with van der Waals surface area (Å²) in [6, 6.07) is 9.65. The lowest BCUT2D eigenvalue weighted by Crippen LogP contribution is -2.03. The van der Waals surface area contributed by atoms with Crippen LogP contribution in [0.15, 0.2) is 34.8 Å². The minimum Gasteiger partial charge on any atom is -0.381 e. The number of hydrogen-bond acceptors (Lipinski definition) is 3. The summed E-state index contributed by atoms with van der Waals surface area (Å²) in [5, 5.41) is 14.3. The van der Waals surface area contributed by atoms with Crippen LogP contribution in [0.3, 0.4) is 0 Å². The molecule has 0 saturated heterocycles. The molecule has 4 nitrogen and oxygen atoms in total. The quantitative estimate of drug-likeness (QED) is 0.631. The summed E-state index contributed by atoms with van der Waals surface area (Å²) in [6.45, 7) is 6.34. The van der Waals surface area contributed by atoms with E-state index in [1.807, 2.05) is 19.9 Å². The van der Waals surface area contributed by atoms with Crippen molar-refractivity contribution in [1.82, 2.24) is 0 Å². The first-order chi connectivity index (χ1) is 9.88. The van der Waals surface area contributed by atoms with Gasteiger partial charge in [-0.25, -0.2) is 0 Å². The van der Waals surface area contributed by atoms with E-state index in [-0.39, 0.29) is 10.6 Å². The van der Waals surface area contributed by atoms with Crippen molar-refractivity contribution in [3.63, 3.8) is 0 Å². The van der Waals surface area contributed by atoms with Crippen LogP contribution >= 0.6 is 15.9 Å². The van der Waals surface area contributed by atoms with Gasteiger partial charge in [0.2, 0.25) is 0 Å². The number of nitrogens with one attached hydrogen (secondary N) is 1. The number of rotatable bonds is 4. The number of nitrogens with zero attached hydrogens (tertiary/aromatic N) is 1. The number of nitro groups is 1. The molecule has 0 atom stereocenters. The zero-order valence-electron chi connectivity index (χ0n) is 12.2. The van der Waals surface area contributed by atoms with Crippen molar-refractivity contribution in [3.05, 3.63) is 67.2 Å². The number of benzene rings is 2. The molecule has 0 aliphatic rings. The van der Waals surface area contributed by atoms with Crippen molar-refractivity contribution in [3.8, 4) is 0 Å². The Kier molecular flexibility index (Phi) is 4.63. The Hall–Kier alpha value is -1.88. The summed E-state index contributed by atoms with van der Waals surface area (Å²) >= 11 is 3.56. The van der Waals surface area contributed by atoms with Gasteiger partial charge in [-0.05, 0) is 49.6 Å². The number of anilines is 1. The fraction of sp³-hybridized carbons (Fsp3) is 0.250. The molecular weight excluding hydrogens is 332 g/mol. The maximum absolute atomic E-state index is 10.9. The molecule has 0 saturated carbocycles. The number of aryl methyl sites for hydroxylation is 3. The van der Waals surface area contributed by atoms with E-state index in [1.165, 1.54) is 5.56 Å². The minimum absolute atomic E-state index is 0.162. The van der Waals surface area contributed by atoms with Gasteiger partial charge in [-0.2, -0.15) is 0 Å². The fourth-order valence-corrected chi connectivity index (χ4v) is 2.81. The Labute approximate surface area is 132 Å². The summed E-state index contributed by atoms with van der Waals surface area (Å²) in [5.74, 6) is 0. The van der Waals surface area contributed by atoms with E-state index in [0.29, 0.717) is 12.1 Å². The average Bonchev–Trinajstić information content (AvgIpc) is 2.40. The molecule has 0 fully saturated rings. The van der Waals surface area contributed by atoms with Gasteiger partial charge in [-0.3, -0.25) is 10.1 Å². The largest absolute Gasteiger partial charge is 0.381 e. The van der Waals surface area contributed by atoms with Gasteiger partial charge in [0.15, 0.2) is 0 Å². The maximum Gasteiger partial charge on any atom is 0.272 e. The van der Waals surface area contributed by atoms with Crippen molar-refractivity contribution in [2.45, 2.75) is 27.3 Å². The van der Waals surface area contributed by atoms with E-state index < -0.39 is 0 Å². The lowest BCUT2D eigenvalue weighted by Gasteiger charge is -2.12. The first kappa shape index (κ1) is 15.5. The Balaban J connectivity index is 2.20. The molecule has 0 aliphatic carbocycles. The predicted molar refractivity (Wildman–Crippen MR) is 88.8 cm³/mol. The van der Waals surface area contributed by atoms with Crippen LogP contribution < -0.4 is 5.32 Å². The lowest BCUT2D eigenvalue weighted by atomic mass is 10.1. The molecule has 0 amide bonds. The monoisotopic (exact) mass is 348 g/mol. The van der Waals surface area contributed by atoms with E-state index >= 15 is 0 Å². The average molecular weight is 349 g/mol. The fourth-order valence-electron chi connectivity index (χ4n) is 2.17. The second-order valence-corrected chi connectivity index (χ2v) is 6.01. The first-order valence-corrected chi connectivity index (χ1v) is 7.42. The van der Waals surface area contributed by atoms with Crippen LogP contribution in [-0.4, -0.2) is 4.92 Å². The van der Waals surface area contributed by atoms with Crippen molar-refractivity contribution >= 4 is 27.3 Å². The summed E-state index contributed by atoms with van der Waals surface area (Å²) in [7, 11) is 0. The van der Waals surface area contributed by atoms with E-state index in [0.717, 1.165) is 21.3 Å². The molecular formula is C16H17BrN2O2. The van der Waals surface area contributed by atoms with Gasteiger partial charge in [0.05, 0.1) is 4.92 Å². The summed E-state index contributed by atoms with van der Waals surface area (Å²) in [5.41, 5.74) is 4.97. The van der Waals surface area contributed by atoms with Gasteiger partial charge in [-0.1, -0.05) is 28.1 Å². The molecule has 110 valence electrons. The normalized spacial score (nSPS) is 10.5. The molecule has 21 heavy (non-hydrogen) atoms. The van der Waals surface area contributed by atoms with Gasteiger partial charge in [0.25, 0.3) is 5.69 Å². The minimum atomic E-state index is -0.345. The highest BCUT2D eigenvalue weighted by molar-refractivity contribution is 9.10. The molecule has 0 bridgehead atoms. The number of nitro benzene ring substituents is 1. The van der Waals surface area contributed by atoms with Crippen molar-refractivity contribution in [2.24, 2.45) is 0 Å². The molecule has 0 aliphatic heterocycles. The van der Waals surface area contributed by atoms with E-state index in [9.17, 15) is 10.1 Å². The highest BCUT2D eigenvalue weighted by Gasteiger charge is 2.13. The molecule has 0 spiro atoms. The molecule has 0 radical (unpaired) electrons. The second kappa shape index (κ2) is 6.26. The molecule has 2 aromatic carbocycles. The Morgan fingerprint density at radius 2 is 1.86 bits per heavy atom. The maximum atomic E-state index is 10.9. The Morgan fingerprint density at radius 1 is 1.14 bits per heavy atom. The van der Waals surface area contributed by atoms with E-state index in [1.54, 1.807) is 13.0 Å². The molecule has 0 heterocycles.